The molecular weight excluding hydrogens is 595 g/mol. The summed E-state index contributed by atoms with van der Waals surface area (Å²) in [6.45, 7) is 0. The molecule has 8 aromatic rings. The van der Waals surface area contributed by atoms with Crippen LogP contribution in [-0.4, -0.2) is 0 Å². The monoisotopic (exact) mass is 625 g/mol. The number of ether oxygens (including phenoxy) is 1. The Morgan fingerprint density at radius 1 is 0.347 bits per heavy atom. The van der Waals surface area contributed by atoms with Crippen molar-refractivity contribution in [3.8, 4) is 33.8 Å². The van der Waals surface area contributed by atoms with Crippen molar-refractivity contribution in [2.75, 3.05) is 4.90 Å². The average Bonchev–Trinajstić information content (AvgIpc) is 3.45. The van der Waals surface area contributed by atoms with E-state index in [-0.39, 0.29) is 0 Å². The van der Waals surface area contributed by atoms with Crippen molar-refractivity contribution in [3.05, 3.63) is 210 Å². The number of hydrogen-bond donors (Lipinski definition) is 0. The maximum absolute atomic E-state index is 6.76. The van der Waals surface area contributed by atoms with Crippen LogP contribution in [0, 0.1) is 0 Å². The molecule has 1 atom stereocenters. The Morgan fingerprint density at radius 3 is 1.82 bits per heavy atom. The first kappa shape index (κ1) is 27.7. The standard InChI is InChI=1S/C47H31NO/c1-3-13-32(14-4-1)35-24-27-44-46(30-35)49-45-22-12-11-21-43(45)47(44)41-20-10-9-19-39(41)40-31-38(26-28-42(40)47)48(36-17-5-2-6-18-36)37-25-23-33-15-7-8-16-34(33)29-37/h1-31H. The topological polar surface area (TPSA) is 12.5 Å². The molecule has 0 amide bonds. The van der Waals surface area contributed by atoms with Crippen molar-refractivity contribution < 1.29 is 4.74 Å². The van der Waals surface area contributed by atoms with Gasteiger partial charge in [0.15, 0.2) is 0 Å². The molecule has 1 aliphatic heterocycles. The highest BCUT2D eigenvalue weighted by Gasteiger charge is 2.51. The minimum absolute atomic E-state index is 0.523. The fourth-order valence-corrected chi connectivity index (χ4v) is 8.19. The van der Waals surface area contributed by atoms with Crippen molar-refractivity contribution in [2.45, 2.75) is 5.41 Å². The maximum atomic E-state index is 6.76. The summed E-state index contributed by atoms with van der Waals surface area (Å²) in [6.07, 6.45) is 0. The Kier molecular flexibility index (Phi) is 6.13. The molecule has 10 rings (SSSR count). The number of para-hydroxylation sites is 2. The number of nitrogens with zero attached hydrogens (tertiary/aromatic N) is 1. The van der Waals surface area contributed by atoms with Crippen LogP contribution in [0.2, 0.25) is 0 Å². The molecule has 0 saturated carbocycles. The first-order chi connectivity index (χ1) is 24.3. The summed E-state index contributed by atoms with van der Waals surface area (Å²) >= 11 is 0. The summed E-state index contributed by atoms with van der Waals surface area (Å²) in [5.41, 5.74) is 12.5. The molecule has 0 N–H and O–H groups in total. The van der Waals surface area contributed by atoms with Gasteiger partial charge in [-0.05, 0) is 92.7 Å². The second-order valence-corrected chi connectivity index (χ2v) is 12.9. The molecule has 8 aromatic carbocycles. The van der Waals surface area contributed by atoms with E-state index in [2.05, 4.69) is 193 Å². The fraction of sp³-hybridized carbons (Fsp3) is 0.0213. The maximum Gasteiger partial charge on any atom is 0.132 e. The predicted octanol–water partition coefficient (Wildman–Crippen LogP) is 12.4. The van der Waals surface area contributed by atoms with Gasteiger partial charge in [-0.15, -0.1) is 0 Å². The van der Waals surface area contributed by atoms with E-state index in [1.807, 2.05) is 0 Å². The zero-order chi connectivity index (χ0) is 32.4. The quantitative estimate of drug-likeness (QED) is 0.193. The lowest BCUT2D eigenvalue weighted by Crippen LogP contribution is -2.32. The van der Waals surface area contributed by atoms with E-state index in [9.17, 15) is 0 Å². The minimum Gasteiger partial charge on any atom is -0.457 e. The van der Waals surface area contributed by atoms with Crippen LogP contribution in [0.25, 0.3) is 33.0 Å². The molecule has 2 nitrogen and oxygen atoms in total. The van der Waals surface area contributed by atoms with E-state index in [1.54, 1.807) is 0 Å². The number of rotatable bonds is 4. The van der Waals surface area contributed by atoms with Gasteiger partial charge in [0.05, 0.1) is 5.41 Å². The van der Waals surface area contributed by atoms with Crippen molar-refractivity contribution in [2.24, 2.45) is 0 Å². The molecule has 0 saturated heterocycles. The number of fused-ring (bicyclic) bond motifs is 10. The highest BCUT2D eigenvalue weighted by Crippen LogP contribution is 2.62. The normalized spacial score (nSPS) is 15.2. The van der Waals surface area contributed by atoms with Crippen molar-refractivity contribution in [1.29, 1.82) is 0 Å². The van der Waals surface area contributed by atoms with Gasteiger partial charge in [-0.2, -0.15) is 0 Å². The minimum atomic E-state index is -0.523. The predicted molar refractivity (Wildman–Crippen MR) is 201 cm³/mol. The van der Waals surface area contributed by atoms with Crippen molar-refractivity contribution in [3.63, 3.8) is 0 Å². The summed E-state index contributed by atoms with van der Waals surface area (Å²) in [6, 6.07) is 67.8. The van der Waals surface area contributed by atoms with Crippen LogP contribution in [-0.2, 0) is 5.41 Å². The molecule has 1 heterocycles. The second kappa shape index (κ2) is 10.8. The summed E-state index contributed by atoms with van der Waals surface area (Å²) in [5, 5.41) is 2.45. The third-order valence-electron chi connectivity index (χ3n) is 10.3. The van der Waals surface area contributed by atoms with Gasteiger partial charge in [-0.1, -0.05) is 140 Å². The lowest BCUT2D eigenvalue weighted by Gasteiger charge is -2.39. The van der Waals surface area contributed by atoms with Crippen LogP contribution < -0.4 is 9.64 Å². The second-order valence-electron chi connectivity index (χ2n) is 12.9. The smallest absolute Gasteiger partial charge is 0.132 e. The first-order valence-electron chi connectivity index (χ1n) is 16.8. The molecule has 0 aromatic heterocycles. The number of benzene rings is 8. The number of hydrogen-bond acceptors (Lipinski definition) is 2. The molecule has 2 aliphatic rings. The summed E-state index contributed by atoms with van der Waals surface area (Å²) in [7, 11) is 0. The molecule has 1 aliphatic carbocycles. The van der Waals surface area contributed by atoms with Gasteiger partial charge in [0, 0.05) is 28.2 Å². The summed E-state index contributed by atoms with van der Waals surface area (Å²) < 4.78 is 6.76. The molecular formula is C47H31NO. The highest BCUT2D eigenvalue weighted by atomic mass is 16.5. The third-order valence-corrected chi connectivity index (χ3v) is 10.3. The largest absolute Gasteiger partial charge is 0.457 e. The Morgan fingerprint density at radius 2 is 0.959 bits per heavy atom. The fourth-order valence-electron chi connectivity index (χ4n) is 8.19. The van der Waals surface area contributed by atoms with Crippen LogP contribution in [0.3, 0.4) is 0 Å². The van der Waals surface area contributed by atoms with Crippen LogP contribution in [0.15, 0.2) is 188 Å². The molecule has 2 heteroatoms. The molecule has 0 bridgehead atoms. The van der Waals surface area contributed by atoms with Crippen LogP contribution >= 0.6 is 0 Å². The van der Waals surface area contributed by atoms with E-state index in [0.29, 0.717) is 0 Å². The van der Waals surface area contributed by atoms with Crippen LogP contribution in [0.5, 0.6) is 11.5 Å². The van der Waals surface area contributed by atoms with Crippen molar-refractivity contribution in [1.82, 2.24) is 0 Å². The Labute approximate surface area is 286 Å². The van der Waals surface area contributed by atoms with Crippen LogP contribution in [0.4, 0.5) is 17.1 Å². The molecule has 49 heavy (non-hydrogen) atoms. The third kappa shape index (κ3) is 4.14. The molecule has 230 valence electrons. The van der Waals surface area contributed by atoms with Crippen LogP contribution in [0.1, 0.15) is 22.3 Å². The van der Waals surface area contributed by atoms with Gasteiger partial charge in [-0.25, -0.2) is 0 Å². The van der Waals surface area contributed by atoms with E-state index in [0.717, 1.165) is 34.1 Å². The van der Waals surface area contributed by atoms with Gasteiger partial charge in [0.25, 0.3) is 0 Å². The molecule has 0 fully saturated rings. The highest BCUT2D eigenvalue weighted by molar-refractivity contribution is 5.93. The number of anilines is 3. The van der Waals surface area contributed by atoms with E-state index >= 15 is 0 Å². The lowest BCUT2D eigenvalue weighted by molar-refractivity contribution is 0.436. The van der Waals surface area contributed by atoms with Gasteiger partial charge in [0.1, 0.15) is 11.5 Å². The van der Waals surface area contributed by atoms with Gasteiger partial charge in [0.2, 0.25) is 0 Å². The molecule has 1 spiro atoms. The van der Waals surface area contributed by atoms with Gasteiger partial charge >= 0.3 is 0 Å². The van der Waals surface area contributed by atoms with Gasteiger partial charge < -0.3 is 9.64 Å². The van der Waals surface area contributed by atoms with E-state index < -0.39 is 5.41 Å². The van der Waals surface area contributed by atoms with E-state index in [4.69, 9.17) is 4.74 Å². The lowest BCUT2D eigenvalue weighted by atomic mass is 9.66. The Bertz CT molecular complexity index is 2540. The SMILES string of the molecule is c1ccc(-c2ccc3c(c2)Oc2ccccc2C32c3ccccc3-c3cc(N(c4ccccc4)c4ccc5ccccc5c4)ccc32)cc1. The zero-order valence-electron chi connectivity index (χ0n) is 26.8. The van der Waals surface area contributed by atoms with Crippen molar-refractivity contribution >= 4 is 27.8 Å². The first-order valence-corrected chi connectivity index (χ1v) is 16.8. The van der Waals surface area contributed by atoms with E-state index in [1.165, 1.54) is 49.7 Å². The van der Waals surface area contributed by atoms with Gasteiger partial charge in [-0.3, -0.25) is 0 Å². The Hall–Kier alpha value is -6.38. The summed E-state index contributed by atoms with van der Waals surface area (Å²) in [5.74, 6) is 1.79. The Balaban J connectivity index is 1.22. The molecule has 0 radical (unpaired) electrons. The summed E-state index contributed by atoms with van der Waals surface area (Å²) in [4.78, 5) is 2.37. The average molecular weight is 626 g/mol. The zero-order valence-corrected chi connectivity index (χ0v) is 26.8. The molecule has 1 unspecified atom stereocenters.